The Hall–Kier alpha value is -1.59. The number of anilines is 1. The normalized spacial score (nSPS) is 10.1. The number of rotatable bonds is 5. The van der Waals surface area contributed by atoms with Gasteiger partial charge >= 0.3 is 11.8 Å². The van der Waals surface area contributed by atoms with Crippen LogP contribution in [0, 0.1) is 6.92 Å². The summed E-state index contributed by atoms with van der Waals surface area (Å²) in [5.41, 5.74) is 1.37. The van der Waals surface area contributed by atoms with E-state index in [1.165, 1.54) is 0 Å². The van der Waals surface area contributed by atoms with E-state index in [9.17, 15) is 9.59 Å². The van der Waals surface area contributed by atoms with Crippen molar-refractivity contribution in [2.24, 2.45) is 0 Å². The lowest BCUT2D eigenvalue weighted by Gasteiger charge is -2.09. The molecule has 0 saturated heterocycles. The summed E-state index contributed by atoms with van der Waals surface area (Å²) >= 11 is 5.83. The molecule has 104 valence electrons. The first-order valence-electron chi connectivity index (χ1n) is 5.89. The largest absolute Gasteiger partial charge is 0.385 e. The molecule has 6 heteroatoms. The summed E-state index contributed by atoms with van der Waals surface area (Å²) in [7, 11) is 1.58. The van der Waals surface area contributed by atoms with E-state index in [4.69, 9.17) is 16.3 Å². The van der Waals surface area contributed by atoms with E-state index in [2.05, 4.69) is 10.6 Å². The highest BCUT2D eigenvalue weighted by Gasteiger charge is 2.14. The zero-order valence-electron chi connectivity index (χ0n) is 11.0. The maximum atomic E-state index is 11.6. The first-order valence-corrected chi connectivity index (χ1v) is 6.26. The second-order valence-electron chi connectivity index (χ2n) is 4.02. The predicted octanol–water partition coefficient (Wildman–Crippen LogP) is 1.74. The van der Waals surface area contributed by atoms with Crippen LogP contribution < -0.4 is 10.6 Å². The molecular formula is C13H17ClN2O3. The molecule has 2 amide bonds. The first kappa shape index (κ1) is 15.5. The van der Waals surface area contributed by atoms with Crippen molar-refractivity contribution in [2.75, 3.05) is 25.6 Å². The summed E-state index contributed by atoms with van der Waals surface area (Å²) in [4.78, 5) is 23.2. The highest BCUT2D eigenvalue weighted by Crippen LogP contribution is 2.19. The molecule has 0 fully saturated rings. The van der Waals surface area contributed by atoms with Gasteiger partial charge in [-0.1, -0.05) is 17.7 Å². The maximum Gasteiger partial charge on any atom is 0.313 e. The van der Waals surface area contributed by atoms with Crippen molar-refractivity contribution < 1.29 is 14.3 Å². The van der Waals surface area contributed by atoms with Crippen molar-refractivity contribution in [2.45, 2.75) is 13.3 Å². The second-order valence-corrected chi connectivity index (χ2v) is 4.45. The van der Waals surface area contributed by atoms with Gasteiger partial charge in [0.1, 0.15) is 0 Å². The van der Waals surface area contributed by atoms with Crippen molar-refractivity contribution in [3.8, 4) is 0 Å². The fourth-order valence-corrected chi connectivity index (χ4v) is 1.58. The molecule has 1 aromatic rings. The number of nitrogens with one attached hydrogen (secondary N) is 2. The molecule has 0 saturated carbocycles. The summed E-state index contributed by atoms with van der Waals surface area (Å²) < 4.78 is 4.84. The molecule has 0 radical (unpaired) electrons. The molecule has 0 unspecified atom stereocenters. The Balaban J connectivity index is 2.49. The summed E-state index contributed by atoms with van der Waals surface area (Å²) in [6.45, 7) is 2.76. The van der Waals surface area contributed by atoms with E-state index in [1.807, 2.05) is 6.92 Å². The minimum absolute atomic E-state index is 0.397. The topological polar surface area (TPSA) is 67.4 Å². The van der Waals surface area contributed by atoms with Crippen LogP contribution in [0.5, 0.6) is 0 Å². The molecule has 0 bridgehead atoms. The van der Waals surface area contributed by atoms with E-state index in [0.717, 1.165) is 5.56 Å². The van der Waals surface area contributed by atoms with Gasteiger partial charge in [0, 0.05) is 31.0 Å². The van der Waals surface area contributed by atoms with E-state index >= 15 is 0 Å². The lowest BCUT2D eigenvalue weighted by molar-refractivity contribution is -0.136. The molecule has 0 aliphatic carbocycles. The van der Waals surface area contributed by atoms with Crippen LogP contribution in [0.2, 0.25) is 5.02 Å². The number of methoxy groups -OCH3 is 1. The van der Waals surface area contributed by atoms with Gasteiger partial charge in [0.2, 0.25) is 0 Å². The number of aryl methyl sites for hydroxylation is 1. The van der Waals surface area contributed by atoms with Crippen LogP contribution in [-0.2, 0) is 14.3 Å². The Morgan fingerprint density at radius 3 is 2.74 bits per heavy atom. The summed E-state index contributed by atoms with van der Waals surface area (Å²) in [6, 6.07) is 5.10. The first-order chi connectivity index (χ1) is 9.04. The predicted molar refractivity (Wildman–Crippen MR) is 74.3 cm³/mol. The van der Waals surface area contributed by atoms with Gasteiger partial charge in [-0.3, -0.25) is 9.59 Å². The molecule has 0 spiro atoms. The smallest absolute Gasteiger partial charge is 0.313 e. The Morgan fingerprint density at radius 2 is 2.05 bits per heavy atom. The summed E-state index contributed by atoms with van der Waals surface area (Å²) in [5, 5.41) is 5.53. The number of carbonyl (C=O) groups is 2. The van der Waals surface area contributed by atoms with Crippen molar-refractivity contribution >= 4 is 29.1 Å². The average molecular weight is 285 g/mol. The van der Waals surface area contributed by atoms with Gasteiger partial charge in [0.25, 0.3) is 0 Å². The quantitative estimate of drug-likeness (QED) is 0.639. The van der Waals surface area contributed by atoms with Crippen LogP contribution in [-0.4, -0.2) is 32.1 Å². The molecule has 5 nitrogen and oxygen atoms in total. The number of hydrogen-bond donors (Lipinski definition) is 2. The fraction of sp³-hybridized carbons (Fsp3) is 0.385. The van der Waals surface area contributed by atoms with Gasteiger partial charge in [-0.05, 0) is 31.0 Å². The standard InChI is InChI=1S/C13H17ClN2O3/c1-9-4-5-10(14)8-11(9)16-13(18)12(17)15-6-3-7-19-2/h4-5,8H,3,6-7H2,1-2H3,(H,15,17)(H,16,18). The van der Waals surface area contributed by atoms with Gasteiger partial charge < -0.3 is 15.4 Å². The van der Waals surface area contributed by atoms with Crippen LogP contribution in [0.3, 0.4) is 0 Å². The third-order valence-electron chi connectivity index (χ3n) is 2.46. The average Bonchev–Trinajstić information content (AvgIpc) is 2.38. The zero-order valence-corrected chi connectivity index (χ0v) is 11.7. The maximum absolute atomic E-state index is 11.6. The van der Waals surface area contributed by atoms with Gasteiger partial charge in [0.05, 0.1) is 0 Å². The lowest BCUT2D eigenvalue weighted by Crippen LogP contribution is -2.36. The third kappa shape index (κ3) is 5.28. The number of ether oxygens (including phenoxy) is 1. The number of halogens is 1. The molecule has 2 N–H and O–H groups in total. The second kappa shape index (κ2) is 7.76. The van der Waals surface area contributed by atoms with Gasteiger partial charge in [-0.25, -0.2) is 0 Å². The Morgan fingerprint density at radius 1 is 1.32 bits per heavy atom. The van der Waals surface area contributed by atoms with E-state index in [0.29, 0.717) is 30.3 Å². The molecule has 0 heterocycles. The Labute approximate surface area is 117 Å². The van der Waals surface area contributed by atoms with Gasteiger partial charge in [0.15, 0.2) is 0 Å². The number of amides is 2. The van der Waals surface area contributed by atoms with Crippen molar-refractivity contribution in [3.63, 3.8) is 0 Å². The molecule has 0 atom stereocenters. The Kier molecular flexibility index (Phi) is 6.32. The summed E-state index contributed by atoms with van der Waals surface area (Å²) in [6.07, 6.45) is 0.658. The van der Waals surface area contributed by atoms with Crippen molar-refractivity contribution in [1.82, 2.24) is 5.32 Å². The van der Waals surface area contributed by atoms with E-state index < -0.39 is 11.8 Å². The number of benzene rings is 1. The van der Waals surface area contributed by atoms with Crippen LogP contribution in [0.4, 0.5) is 5.69 Å². The molecule has 1 rings (SSSR count). The van der Waals surface area contributed by atoms with Gasteiger partial charge in [-0.2, -0.15) is 0 Å². The molecule has 0 aromatic heterocycles. The highest BCUT2D eigenvalue weighted by atomic mass is 35.5. The van der Waals surface area contributed by atoms with Crippen LogP contribution in [0.1, 0.15) is 12.0 Å². The number of hydrogen-bond acceptors (Lipinski definition) is 3. The monoisotopic (exact) mass is 284 g/mol. The molecule has 1 aromatic carbocycles. The summed E-state index contributed by atoms with van der Waals surface area (Å²) in [5.74, 6) is -1.38. The zero-order chi connectivity index (χ0) is 14.3. The SMILES string of the molecule is COCCCNC(=O)C(=O)Nc1cc(Cl)ccc1C. The van der Waals surface area contributed by atoms with Crippen molar-refractivity contribution in [3.05, 3.63) is 28.8 Å². The van der Waals surface area contributed by atoms with Crippen LogP contribution in [0.25, 0.3) is 0 Å². The van der Waals surface area contributed by atoms with Crippen LogP contribution in [0.15, 0.2) is 18.2 Å². The molecular weight excluding hydrogens is 268 g/mol. The van der Waals surface area contributed by atoms with E-state index in [1.54, 1.807) is 25.3 Å². The van der Waals surface area contributed by atoms with Crippen LogP contribution >= 0.6 is 11.6 Å². The van der Waals surface area contributed by atoms with Crippen molar-refractivity contribution in [1.29, 1.82) is 0 Å². The molecule has 0 aliphatic rings. The lowest BCUT2D eigenvalue weighted by atomic mass is 10.2. The fourth-order valence-electron chi connectivity index (χ4n) is 1.41. The highest BCUT2D eigenvalue weighted by molar-refractivity contribution is 6.40. The Bertz CT molecular complexity index is 463. The third-order valence-corrected chi connectivity index (χ3v) is 2.70. The number of carbonyl (C=O) groups excluding carboxylic acids is 2. The molecule has 19 heavy (non-hydrogen) atoms. The van der Waals surface area contributed by atoms with E-state index in [-0.39, 0.29) is 0 Å². The minimum atomic E-state index is -0.706. The minimum Gasteiger partial charge on any atom is -0.385 e. The van der Waals surface area contributed by atoms with Gasteiger partial charge in [-0.15, -0.1) is 0 Å². The molecule has 0 aliphatic heterocycles.